The molecular formula is C32H36FN5O6S. The SMILES string of the molecule is COC(=O)C1OC1C(=O)NNC(=O)CCc1ccc(NC2CN(CCF)C2)cc1C(=O)N[C@H](C)c1cccc(-c2cccs2)c1. The molecule has 0 aliphatic carbocycles. The number of hydrogen-bond acceptors (Lipinski definition) is 9. The molecule has 0 saturated carbocycles. The Hall–Kier alpha value is -4.33. The number of nitrogens with one attached hydrogen (secondary N) is 4. The summed E-state index contributed by atoms with van der Waals surface area (Å²) < 4.78 is 22.2. The minimum Gasteiger partial charge on any atom is -0.467 e. The molecular weight excluding hydrogens is 601 g/mol. The molecule has 1 aromatic heterocycles. The van der Waals surface area contributed by atoms with Crippen LogP contribution in [0.25, 0.3) is 10.4 Å². The number of alkyl halides is 1. The number of aryl methyl sites for hydroxylation is 1. The molecule has 2 unspecified atom stereocenters. The second-order valence-electron chi connectivity index (χ2n) is 11.0. The monoisotopic (exact) mass is 637 g/mol. The van der Waals surface area contributed by atoms with E-state index in [1.165, 1.54) is 7.11 Å². The van der Waals surface area contributed by atoms with Crippen LogP contribution in [0.5, 0.6) is 0 Å². The van der Waals surface area contributed by atoms with Crippen LogP contribution in [0.1, 0.15) is 40.9 Å². The van der Waals surface area contributed by atoms with Crippen molar-refractivity contribution in [2.45, 2.75) is 44.1 Å². The molecule has 45 heavy (non-hydrogen) atoms. The summed E-state index contributed by atoms with van der Waals surface area (Å²) in [5, 5.41) is 8.53. The lowest BCUT2D eigenvalue weighted by molar-refractivity contribution is -0.142. The quantitative estimate of drug-likeness (QED) is 0.127. The van der Waals surface area contributed by atoms with Gasteiger partial charge in [0.05, 0.1) is 19.2 Å². The van der Waals surface area contributed by atoms with Gasteiger partial charge >= 0.3 is 5.97 Å². The Morgan fingerprint density at radius 1 is 1.07 bits per heavy atom. The minimum absolute atomic E-state index is 0.0154. The van der Waals surface area contributed by atoms with Gasteiger partial charge in [0.25, 0.3) is 11.8 Å². The number of hydrazine groups is 1. The van der Waals surface area contributed by atoms with E-state index in [1.54, 1.807) is 17.4 Å². The summed E-state index contributed by atoms with van der Waals surface area (Å²) in [7, 11) is 1.19. The molecule has 3 heterocycles. The number of epoxide rings is 1. The smallest absolute Gasteiger partial charge is 0.338 e. The number of thiophene rings is 1. The molecule has 0 bridgehead atoms. The first-order valence-electron chi connectivity index (χ1n) is 14.7. The number of halogens is 1. The van der Waals surface area contributed by atoms with E-state index in [-0.39, 0.29) is 37.5 Å². The maximum Gasteiger partial charge on any atom is 0.338 e. The summed E-state index contributed by atoms with van der Waals surface area (Å²) in [6.45, 7) is 3.36. The number of benzene rings is 2. The maximum absolute atomic E-state index is 13.7. The van der Waals surface area contributed by atoms with E-state index in [0.717, 1.165) is 21.7 Å². The largest absolute Gasteiger partial charge is 0.467 e. The van der Waals surface area contributed by atoms with Gasteiger partial charge in [0.15, 0.2) is 12.2 Å². The maximum atomic E-state index is 13.7. The number of esters is 1. The summed E-state index contributed by atoms with van der Waals surface area (Å²) >= 11 is 1.65. The van der Waals surface area contributed by atoms with Crippen LogP contribution >= 0.6 is 11.3 Å². The summed E-state index contributed by atoms with van der Waals surface area (Å²) in [4.78, 5) is 53.0. The fourth-order valence-electron chi connectivity index (χ4n) is 5.18. The number of nitrogens with zero attached hydrogens (tertiary/aromatic N) is 1. The van der Waals surface area contributed by atoms with Crippen molar-refractivity contribution in [3.05, 3.63) is 76.7 Å². The van der Waals surface area contributed by atoms with E-state index in [4.69, 9.17) is 4.74 Å². The number of amides is 3. The molecule has 5 rings (SSSR count). The molecule has 3 amide bonds. The minimum atomic E-state index is -1.01. The normalized spacial score (nSPS) is 18.3. The van der Waals surface area contributed by atoms with Gasteiger partial charge in [-0.3, -0.25) is 30.1 Å². The zero-order valence-corrected chi connectivity index (χ0v) is 25.8. The molecule has 2 aliphatic heterocycles. The van der Waals surface area contributed by atoms with Crippen LogP contribution in [0.4, 0.5) is 10.1 Å². The van der Waals surface area contributed by atoms with Crippen LogP contribution in [0.2, 0.25) is 0 Å². The van der Waals surface area contributed by atoms with Gasteiger partial charge in [-0.05, 0) is 59.7 Å². The van der Waals surface area contributed by atoms with E-state index in [2.05, 4.69) is 38.4 Å². The Kier molecular flexibility index (Phi) is 10.4. The summed E-state index contributed by atoms with van der Waals surface area (Å²) in [6.07, 6.45) is -1.78. The number of carbonyl (C=O) groups is 4. The van der Waals surface area contributed by atoms with E-state index in [1.807, 2.05) is 53.6 Å². The highest BCUT2D eigenvalue weighted by molar-refractivity contribution is 7.13. The second-order valence-corrected chi connectivity index (χ2v) is 11.9. The number of hydrogen-bond donors (Lipinski definition) is 4. The van der Waals surface area contributed by atoms with Crippen molar-refractivity contribution in [3.63, 3.8) is 0 Å². The van der Waals surface area contributed by atoms with Gasteiger partial charge in [0.2, 0.25) is 5.91 Å². The predicted molar refractivity (Wildman–Crippen MR) is 167 cm³/mol. The third-order valence-electron chi connectivity index (χ3n) is 7.75. The molecule has 3 atom stereocenters. The van der Waals surface area contributed by atoms with Gasteiger partial charge in [0, 0.05) is 42.2 Å². The molecule has 2 aliphatic rings. The summed E-state index contributed by atoms with van der Waals surface area (Å²) in [5.41, 5.74) is 8.44. The molecule has 238 valence electrons. The Morgan fingerprint density at radius 3 is 2.62 bits per heavy atom. The lowest BCUT2D eigenvalue weighted by atomic mass is 9.99. The van der Waals surface area contributed by atoms with Gasteiger partial charge in [-0.2, -0.15) is 0 Å². The van der Waals surface area contributed by atoms with Crippen molar-refractivity contribution in [1.82, 2.24) is 21.1 Å². The molecule has 3 aromatic rings. The van der Waals surface area contributed by atoms with Gasteiger partial charge < -0.3 is 20.1 Å². The van der Waals surface area contributed by atoms with Crippen LogP contribution in [0.15, 0.2) is 60.0 Å². The van der Waals surface area contributed by atoms with Crippen molar-refractivity contribution in [3.8, 4) is 10.4 Å². The Balaban J connectivity index is 1.23. The molecule has 11 nitrogen and oxygen atoms in total. The van der Waals surface area contributed by atoms with Crippen LogP contribution in [-0.2, 0) is 30.3 Å². The first-order valence-corrected chi connectivity index (χ1v) is 15.6. The Bertz CT molecular complexity index is 1530. The number of anilines is 1. The Morgan fingerprint density at radius 2 is 1.89 bits per heavy atom. The second kappa shape index (κ2) is 14.6. The first-order chi connectivity index (χ1) is 21.7. The third kappa shape index (κ3) is 8.24. The molecule has 0 radical (unpaired) electrons. The average Bonchev–Trinajstić information content (AvgIpc) is 3.65. The van der Waals surface area contributed by atoms with Crippen LogP contribution in [0.3, 0.4) is 0 Å². The van der Waals surface area contributed by atoms with Crippen molar-refractivity contribution in [2.24, 2.45) is 0 Å². The molecule has 2 fully saturated rings. The molecule has 4 N–H and O–H groups in total. The van der Waals surface area contributed by atoms with Crippen molar-refractivity contribution < 1.29 is 33.0 Å². The summed E-state index contributed by atoms with van der Waals surface area (Å²) in [6, 6.07) is 17.4. The Labute approximate surface area is 264 Å². The van der Waals surface area contributed by atoms with Crippen LogP contribution < -0.4 is 21.5 Å². The van der Waals surface area contributed by atoms with Gasteiger partial charge in [0.1, 0.15) is 6.67 Å². The number of ether oxygens (including phenoxy) is 2. The molecule has 2 saturated heterocycles. The van der Waals surface area contributed by atoms with E-state index >= 15 is 0 Å². The van der Waals surface area contributed by atoms with Crippen molar-refractivity contribution in [2.75, 3.05) is 38.7 Å². The predicted octanol–water partition coefficient (Wildman–Crippen LogP) is 2.99. The average molecular weight is 638 g/mol. The fraction of sp³-hybridized carbons (Fsp3) is 0.375. The van der Waals surface area contributed by atoms with Crippen LogP contribution in [0, 0.1) is 0 Å². The lowest BCUT2D eigenvalue weighted by Gasteiger charge is -2.39. The van der Waals surface area contributed by atoms with Gasteiger partial charge in [-0.15, -0.1) is 11.3 Å². The zero-order chi connectivity index (χ0) is 31.9. The molecule has 0 spiro atoms. The standard InChI is InChI=1S/C32H36FN5O6S/c1-19(21-5-3-6-22(15-21)26-7-4-14-45-26)34-30(40)25-16-23(35-24-17-38(18-24)13-12-33)10-8-20(25)9-11-27(39)36-37-31(41)28-29(44-28)32(42)43-2/h3-8,10,14-16,19,24,28-29,35H,9,11-13,17-18H2,1-2H3,(H,34,40)(H,36,39)(H,37,41)/t19-,28?,29?/m1/s1. The van der Waals surface area contributed by atoms with E-state index < -0.39 is 30.0 Å². The van der Waals surface area contributed by atoms with Crippen LogP contribution in [-0.4, -0.2) is 80.3 Å². The zero-order valence-electron chi connectivity index (χ0n) is 25.0. The number of rotatable bonds is 13. The number of methoxy groups -OCH3 is 1. The summed E-state index contributed by atoms with van der Waals surface area (Å²) in [5.74, 6) is -2.09. The van der Waals surface area contributed by atoms with Gasteiger partial charge in [-0.25, -0.2) is 9.18 Å². The topological polar surface area (TPSA) is 141 Å². The molecule has 13 heteroatoms. The molecule has 2 aromatic carbocycles. The number of carbonyl (C=O) groups excluding carboxylic acids is 4. The van der Waals surface area contributed by atoms with Crippen molar-refractivity contribution in [1.29, 1.82) is 0 Å². The van der Waals surface area contributed by atoms with Crippen molar-refractivity contribution >= 4 is 40.7 Å². The number of likely N-dealkylation sites (tertiary alicyclic amines) is 1. The highest BCUT2D eigenvalue weighted by Crippen LogP contribution is 2.28. The van der Waals surface area contributed by atoms with Gasteiger partial charge in [-0.1, -0.05) is 30.3 Å². The highest BCUT2D eigenvalue weighted by atomic mass is 32.1. The van der Waals surface area contributed by atoms with E-state index in [9.17, 15) is 23.6 Å². The highest BCUT2D eigenvalue weighted by Gasteiger charge is 2.51. The fourth-order valence-corrected chi connectivity index (χ4v) is 5.90. The van der Waals surface area contributed by atoms with E-state index in [0.29, 0.717) is 30.8 Å². The first kappa shape index (κ1) is 32.1. The lowest BCUT2D eigenvalue weighted by Crippen LogP contribution is -2.55. The third-order valence-corrected chi connectivity index (χ3v) is 8.67.